The molecule has 14 nitrogen and oxygen atoms in total. The zero-order valence-electron chi connectivity index (χ0n) is 33.9. The molecule has 0 radical (unpaired) electrons. The van der Waals surface area contributed by atoms with Gasteiger partial charge in [0.1, 0.15) is 37.9 Å². The van der Waals surface area contributed by atoms with Gasteiger partial charge in [-0.05, 0) is 60.4 Å². The largest absolute Gasteiger partial charge is 0.507 e. The lowest BCUT2D eigenvalue weighted by atomic mass is 9.96. The van der Waals surface area contributed by atoms with Crippen LogP contribution in [0.2, 0.25) is 0 Å². The number of rotatable bonds is 8. The van der Waals surface area contributed by atoms with Crippen molar-refractivity contribution in [1.82, 2.24) is 0 Å². The summed E-state index contributed by atoms with van der Waals surface area (Å²) in [5.41, 5.74) is 4.49. The molecule has 0 atom stereocenters. The first-order valence-corrected chi connectivity index (χ1v) is 20.2. The third-order valence-corrected chi connectivity index (χ3v) is 9.17. The van der Waals surface area contributed by atoms with E-state index in [2.05, 4.69) is 16.6 Å². The molecule has 14 heteroatoms. The Morgan fingerprint density at radius 1 is 0.450 bits per heavy atom. The lowest BCUT2D eigenvalue weighted by molar-refractivity contribution is 0.00708. The molecule has 0 amide bonds. The maximum absolute atomic E-state index is 11.3. The number of para-hydroxylation sites is 2. The summed E-state index contributed by atoms with van der Waals surface area (Å²) in [5, 5.41) is 22.5. The van der Waals surface area contributed by atoms with E-state index in [0.29, 0.717) is 175 Å². The Kier molecular flexibility index (Phi) is 18.0. The summed E-state index contributed by atoms with van der Waals surface area (Å²) in [6.45, 7) is 11.1. The van der Waals surface area contributed by atoms with Gasteiger partial charge in [0.25, 0.3) is 0 Å². The number of phenolic OH excluding ortho intramolecular Hbond substituents is 2. The second-order valence-corrected chi connectivity index (χ2v) is 13.7. The Balaban J connectivity index is 1.07. The average molecular weight is 827 g/mol. The lowest BCUT2D eigenvalue weighted by Crippen LogP contribution is -2.13. The monoisotopic (exact) mass is 826 g/mol. The Labute approximate surface area is 350 Å². The predicted molar refractivity (Wildman–Crippen MR) is 227 cm³/mol. The van der Waals surface area contributed by atoms with Crippen molar-refractivity contribution in [2.75, 3.05) is 106 Å². The number of hydrogen-bond acceptors (Lipinski definition) is 14. The normalized spacial score (nSPS) is 16.9. The summed E-state index contributed by atoms with van der Waals surface area (Å²) in [4.78, 5) is 9.25. The Morgan fingerprint density at radius 2 is 0.783 bits per heavy atom. The highest BCUT2D eigenvalue weighted by molar-refractivity contribution is 5.87. The molecule has 0 aromatic heterocycles. The fourth-order valence-electron chi connectivity index (χ4n) is 6.15. The molecule has 320 valence electrons. The number of aliphatic imine (C=N–C) groups is 2. The van der Waals surface area contributed by atoms with E-state index >= 15 is 0 Å². The zero-order valence-corrected chi connectivity index (χ0v) is 33.9. The number of ether oxygens (including phenoxy) is 10. The van der Waals surface area contributed by atoms with Crippen LogP contribution in [0.1, 0.15) is 22.3 Å². The minimum atomic E-state index is 0.0993. The Hall–Kier alpha value is -5.48. The molecule has 6 rings (SSSR count). The summed E-state index contributed by atoms with van der Waals surface area (Å²) in [6, 6.07) is 21.8. The average Bonchev–Trinajstić information content (AvgIpc) is 3.27. The lowest BCUT2D eigenvalue weighted by Gasteiger charge is -2.14. The zero-order chi connectivity index (χ0) is 41.6. The van der Waals surface area contributed by atoms with Crippen LogP contribution in [0.25, 0.3) is 0 Å². The molecular formula is C46H54N2O12. The SMILES string of the molecule is C=C(Cc1cccc(C=Nc2ccc3c(c2)OCCOCCOCCOCCO3)c1O)Cc1cccc(C=Nc2ccc3c(c2)OCCOCCOCCOCCO3)c1O. The number of phenols is 2. The van der Waals surface area contributed by atoms with Gasteiger partial charge in [-0.15, -0.1) is 0 Å². The van der Waals surface area contributed by atoms with Gasteiger partial charge in [-0.3, -0.25) is 9.98 Å². The third-order valence-electron chi connectivity index (χ3n) is 9.17. The van der Waals surface area contributed by atoms with Gasteiger partial charge in [0.05, 0.1) is 90.7 Å². The van der Waals surface area contributed by atoms with Gasteiger partial charge in [-0.25, -0.2) is 0 Å². The van der Waals surface area contributed by atoms with Gasteiger partial charge in [-0.2, -0.15) is 0 Å². The molecule has 0 unspecified atom stereocenters. The maximum Gasteiger partial charge on any atom is 0.163 e. The molecule has 2 N–H and O–H groups in total. The van der Waals surface area contributed by atoms with Crippen molar-refractivity contribution in [3.8, 4) is 34.5 Å². The first kappa shape index (κ1) is 44.1. The van der Waals surface area contributed by atoms with Crippen molar-refractivity contribution >= 4 is 23.8 Å². The van der Waals surface area contributed by atoms with Gasteiger partial charge in [0, 0.05) is 35.7 Å². The number of benzene rings is 4. The second kappa shape index (κ2) is 24.6. The van der Waals surface area contributed by atoms with E-state index in [1.54, 1.807) is 48.8 Å². The Bertz CT molecular complexity index is 1880. The molecule has 0 bridgehead atoms. The molecule has 0 saturated heterocycles. The van der Waals surface area contributed by atoms with Crippen LogP contribution in [0.5, 0.6) is 34.5 Å². The van der Waals surface area contributed by atoms with E-state index in [1.807, 2.05) is 36.4 Å². The highest BCUT2D eigenvalue weighted by Crippen LogP contribution is 2.34. The van der Waals surface area contributed by atoms with Crippen LogP contribution in [0.3, 0.4) is 0 Å². The molecule has 0 aliphatic carbocycles. The minimum absolute atomic E-state index is 0.0993. The number of fused-ring (bicyclic) bond motifs is 2. The highest BCUT2D eigenvalue weighted by atomic mass is 16.6. The summed E-state index contributed by atoms with van der Waals surface area (Å²) in [6.07, 6.45) is 3.99. The first-order valence-electron chi connectivity index (χ1n) is 20.2. The van der Waals surface area contributed by atoms with Crippen LogP contribution >= 0.6 is 0 Å². The summed E-state index contributed by atoms with van der Waals surface area (Å²) < 4.78 is 57.0. The van der Waals surface area contributed by atoms with E-state index < -0.39 is 0 Å². The molecule has 4 aromatic rings. The molecule has 4 aromatic carbocycles. The molecule has 2 heterocycles. The van der Waals surface area contributed by atoms with E-state index in [-0.39, 0.29) is 11.5 Å². The topological polar surface area (TPSA) is 157 Å². The number of nitrogens with zero attached hydrogens (tertiary/aromatic N) is 2. The fraction of sp³-hybridized carbons (Fsp3) is 0.391. The molecular weight excluding hydrogens is 773 g/mol. The maximum atomic E-state index is 11.3. The molecule has 60 heavy (non-hydrogen) atoms. The number of aromatic hydroxyl groups is 2. The fourth-order valence-corrected chi connectivity index (χ4v) is 6.15. The van der Waals surface area contributed by atoms with Crippen LogP contribution in [-0.2, 0) is 41.3 Å². The summed E-state index contributed by atoms with van der Waals surface area (Å²) in [5.74, 6) is 2.40. The van der Waals surface area contributed by atoms with Gasteiger partial charge in [0.2, 0.25) is 0 Å². The molecule has 2 aliphatic heterocycles. The van der Waals surface area contributed by atoms with Gasteiger partial charge >= 0.3 is 0 Å². The molecule has 0 saturated carbocycles. The van der Waals surface area contributed by atoms with Crippen molar-refractivity contribution < 1.29 is 57.6 Å². The number of allylic oxidation sites excluding steroid dienone is 1. The smallest absolute Gasteiger partial charge is 0.163 e. The van der Waals surface area contributed by atoms with Crippen molar-refractivity contribution in [3.05, 3.63) is 107 Å². The second-order valence-electron chi connectivity index (χ2n) is 13.7. The first-order chi connectivity index (χ1) is 29.5. The van der Waals surface area contributed by atoms with Crippen LogP contribution in [0.4, 0.5) is 11.4 Å². The Morgan fingerprint density at radius 3 is 1.15 bits per heavy atom. The quantitative estimate of drug-likeness (QED) is 0.146. The van der Waals surface area contributed by atoms with Crippen molar-refractivity contribution in [2.24, 2.45) is 9.98 Å². The molecule has 0 fully saturated rings. The van der Waals surface area contributed by atoms with Crippen molar-refractivity contribution in [1.29, 1.82) is 0 Å². The summed E-state index contributed by atoms with van der Waals surface area (Å²) >= 11 is 0. The van der Waals surface area contributed by atoms with Crippen LogP contribution in [0.15, 0.2) is 94.9 Å². The van der Waals surface area contributed by atoms with Crippen molar-refractivity contribution in [3.63, 3.8) is 0 Å². The van der Waals surface area contributed by atoms with Gasteiger partial charge < -0.3 is 57.6 Å². The summed E-state index contributed by atoms with van der Waals surface area (Å²) in [7, 11) is 0. The third kappa shape index (κ3) is 14.4. The van der Waals surface area contributed by atoms with Crippen LogP contribution < -0.4 is 18.9 Å². The number of hydrogen-bond donors (Lipinski definition) is 2. The van der Waals surface area contributed by atoms with Crippen LogP contribution in [-0.4, -0.2) is 128 Å². The van der Waals surface area contributed by atoms with E-state index in [1.165, 1.54) is 0 Å². The van der Waals surface area contributed by atoms with Crippen LogP contribution in [0, 0.1) is 0 Å². The molecule has 2 aliphatic rings. The van der Waals surface area contributed by atoms with Gasteiger partial charge in [0.15, 0.2) is 23.0 Å². The predicted octanol–water partition coefficient (Wildman–Crippen LogP) is 6.58. The minimum Gasteiger partial charge on any atom is -0.507 e. The van der Waals surface area contributed by atoms with Gasteiger partial charge in [-0.1, -0.05) is 36.4 Å². The van der Waals surface area contributed by atoms with E-state index in [9.17, 15) is 10.2 Å². The van der Waals surface area contributed by atoms with E-state index in [4.69, 9.17) is 47.4 Å². The highest BCUT2D eigenvalue weighted by Gasteiger charge is 2.13. The van der Waals surface area contributed by atoms with Crippen molar-refractivity contribution in [2.45, 2.75) is 12.8 Å². The molecule has 0 spiro atoms. The van der Waals surface area contributed by atoms with E-state index in [0.717, 1.165) is 5.57 Å². The standard InChI is InChI=1S/C46H54N2O12/c1-34(28-35-4-2-6-37(45(35)49)32-47-39-8-10-41-43(30-39)59-26-22-55-18-14-51-12-16-53-20-24-57-41)29-36-5-3-7-38(46(36)50)33-48-40-9-11-42-44(31-40)60-27-23-56-19-15-52-13-17-54-21-25-58-42/h2-11,30-33,49-50H,1,12-29H2.